The van der Waals surface area contributed by atoms with E-state index in [-0.39, 0.29) is 11.8 Å². The Hall–Kier alpha value is -2.98. The first-order valence-electron chi connectivity index (χ1n) is 10.9. The van der Waals surface area contributed by atoms with E-state index in [1.165, 1.54) is 16.7 Å². The number of benzene rings is 3. The number of ether oxygens (including phenoxy) is 3. The quantitative estimate of drug-likeness (QED) is 0.463. The van der Waals surface area contributed by atoms with E-state index in [0.717, 1.165) is 36.8 Å². The van der Waals surface area contributed by atoms with Crippen molar-refractivity contribution in [3.05, 3.63) is 89.5 Å². The average Bonchev–Trinajstić information content (AvgIpc) is 2.81. The summed E-state index contributed by atoms with van der Waals surface area (Å²) in [6.07, 6.45) is 1.01. The van der Waals surface area contributed by atoms with Gasteiger partial charge in [0.1, 0.15) is 17.2 Å². The van der Waals surface area contributed by atoms with E-state index in [0.29, 0.717) is 6.61 Å². The molecule has 0 radical (unpaired) electrons. The molecule has 4 rings (SSSR count). The van der Waals surface area contributed by atoms with Crippen LogP contribution >= 0.6 is 0 Å². The monoisotopic (exact) mass is 417 g/mol. The van der Waals surface area contributed by atoms with Crippen LogP contribution in [0.3, 0.4) is 0 Å². The van der Waals surface area contributed by atoms with E-state index in [9.17, 15) is 0 Å². The molecule has 3 aromatic rings. The van der Waals surface area contributed by atoms with Crippen LogP contribution in [0.1, 0.15) is 34.9 Å². The van der Waals surface area contributed by atoms with Crippen LogP contribution in [0.4, 0.5) is 0 Å². The molecular formula is C27H31NO3. The van der Waals surface area contributed by atoms with E-state index in [4.69, 9.17) is 14.2 Å². The van der Waals surface area contributed by atoms with Gasteiger partial charge in [-0.05, 0) is 62.0 Å². The molecule has 31 heavy (non-hydrogen) atoms. The number of methoxy groups -OCH3 is 1. The number of rotatable bonds is 8. The number of hydrogen-bond donors (Lipinski definition) is 0. The van der Waals surface area contributed by atoms with Gasteiger partial charge in [0.25, 0.3) is 0 Å². The van der Waals surface area contributed by atoms with Gasteiger partial charge in [0.2, 0.25) is 0 Å². The van der Waals surface area contributed by atoms with Crippen molar-refractivity contribution in [3.63, 3.8) is 0 Å². The van der Waals surface area contributed by atoms with Crippen molar-refractivity contribution in [2.45, 2.75) is 18.3 Å². The third kappa shape index (κ3) is 5.02. The van der Waals surface area contributed by atoms with Gasteiger partial charge in [-0.2, -0.15) is 0 Å². The van der Waals surface area contributed by atoms with Crippen LogP contribution in [0.2, 0.25) is 0 Å². The topological polar surface area (TPSA) is 30.9 Å². The van der Waals surface area contributed by atoms with Crippen molar-refractivity contribution in [1.82, 2.24) is 4.90 Å². The van der Waals surface area contributed by atoms with Gasteiger partial charge in [-0.3, -0.25) is 0 Å². The Morgan fingerprint density at radius 3 is 2.35 bits per heavy atom. The fraction of sp³-hybridized carbons (Fsp3) is 0.333. The molecule has 1 heterocycles. The lowest BCUT2D eigenvalue weighted by atomic mass is 9.76. The van der Waals surface area contributed by atoms with Crippen molar-refractivity contribution < 1.29 is 14.2 Å². The largest absolute Gasteiger partial charge is 0.497 e. The Balaban J connectivity index is 1.62. The third-order valence-electron chi connectivity index (χ3n) is 5.86. The van der Waals surface area contributed by atoms with Crippen molar-refractivity contribution in [2.75, 3.05) is 41.0 Å². The fourth-order valence-corrected chi connectivity index (χ4v) is 4.26. The second kappa shape index (κ2) is 9.88. The summed E-state index contributed by atoms with van der Waals surface area (Å²) < 4.78 is 17.6. The molecule has 4 heteroatoms. The average molecular weight is 418 g/mol. The molecule has 162 valence electrons. The van der Waals surface area contributed by atoms with Gasteiger partial charge >= 0.3 is 0 Å². The smallest absolute Gasteiger partial charge is 0.123 e. The lowest BCUT2D eigenvalue weighted by molar-refractivity contribution is 0.248. The van der Waals surface area contributed by atoms with Gasteiger partial charge in [0.05, 0.1) is 20.3 Å². The molecule has 3 aromatic carbocycles. The first-order chi connectivity index (χ1) is 15.2. The predicted octanol–water partition coefficient (Wildman–Crippen LogP) is 5.33. The van der Waals surface area contributed by atoms with Gasteiger partial charge in [-0.25, -0.2) is 0 Å². The Morgan fingerprint density at radius 2 is 1.65 bits per heavy atom. The molecule has 0 aromatic heterocycles. The van der Waals surface area contributed by atoms with Crippen molar-refractivity contribution >= 4 is 0 Å². The number of fused-ring (bicyclic) bond motifs is 1. The van der Waals surface area contributed by atoms with Crippen LogP contribution in [0, 0.1) is 0 Å². The highest BCUT2D eigenvalue weighted by Gasteiger charge is 2.33. The molecule has 0 bridgehead atoms. The summed E-state index contributed by atoms with van der Waals surface area (Å²) in [5, 5.41) is 0. The zero-order valence-corrected chi connectivity index (χ0v) is 18.6. The summed E-state index contributed by atoms with van der Waals surface area (Å²) in [5.41, 5.74) is 3.70. The summed E-state index contributed by atoms with van der Waals surface area (Å²) in [7, 11) is 5.87. The summed E-state index contributed by atoms with van der Waals surface area (Å²) in [6.45, 7) is 2.40. The molecule has 0 amide bonds. The van der Waals surface area contributed by atoms with Gasteiger partial charge in [0, 0.05) is 23.9 Å². The molecule has 0 saturated heterocycles. The van der Waals surface area contributed by atoms with Crippen LogP contribution in [-0.2, 0) is 0 Å². The summed E-state index contributed by atoms with van der Waals surface area (Å²) in [4.78, 5) is 2.17. The van der Waals surface area contributed by atoms with Gasteiger partial charge in [-0.15, -0.1) is 0 Å². The minimum atomic E-state index is 0.184. The van der Waals surface area contributed by atoms with Crippen LogP contribution in [-0.4, -0.2) is 45.9 Å². The molecule has 0 saturated carbocycles. The molecule has 1 aliphatic heterocycles. The lowest BCUT2D eigenvalue weighted by Gasteiger charge is -2.34. The summed E-state index contributed by atoms with van der Waals surface area (Å²) >= 11 is 0. The second-order valence-electron chi connectivity index (χ2n) is 8.28. The highest BCUT2D eigenvalue weighted by atomic mass is 16.5. The Kier molecular flexibility index (Phi) is 6.78. The molecule has 0 aliphatic carbocycles. The highest BCUT2D eigenvalue weighted by Crippen LogP contribution is 2.47. The Labute approximate surface area is 185 Å². The molecule has 1 aliphatic rings. The maximum absolute atomic E-state index is 6.17. The van der Waals surface area contributed by atoms with Crippen molar-refractivity contribution in [1.29, 1.82) is 0 Å². The van der Waals surface area contributed by atoms with Crippen LogP contribution in [0.5, 0.6) is 17.2 Å². The predicted molar refractivity (Wildman–Crippen MR) is 125 cm³/mol. The third-order valence-corrected chi connectivity index (χ3v) is 5.86. The van der Waals surface area contributed by atoms with E-state index in [1.54, 1.807) is 7.11 Å². The van der Waals surface area contributed by atoms with Crippen LogP contribution < -0.4 is 14.2 Å². The van der Waals surface area contributed by atoms with Crippen LogP contribution in [0.25, 0.3) is 0 Å². The van der Waals surface area contributed by atoms with Crippen molar-refractivity contribution in [2.24, 2.45) is 0 Å². The molecule has 0 N–H and O–H groups in total. The zero-order chi connectivity index (χ0) is 21.6. The van der Waals surface area contributed by atoms with E-state index < -0.39 is 0 Å². The van der Waals surface area contributed by atoms with Gasteiger partial charge < -0.3 is 19.1 Å². The normalized spacial score (nSPS) is 17.7. The van der Waals surface area contributed by atoms with E-state index in [1.807, 2.05) is 12.1 Å². The van der Waals surface area contributed by atoms with Crippen LogP contribution in [0.15, 0.2) is 72.8 Å². The lowest BCUT2D eigenvalue weighted by Crippen LogP contribution is -2.25. The highest BCUT2D eigenvalue weighted by molar-refractivity contribution is 5.51. The number of nitrogens with zero attached hydrogens (tertiary/aromatic N) is 1. The van der Waals surface area contributed by atoms with Crippen molar-refractivity contribution in [3.8, 4) is 17.2 Å². The van der Waals surface area contributed by atoms with Gasteiger partial charge in [-0.1, -0.05) is 42.5 Å². The molecule has 4 nitrogen and oxygen atoms in total. The molecule has 2 atom stereocenters. The minimum absolute atomic E-state index is 0.184. The fourth-order valence-electron chi connectivity index (χ4n) is 4.26. The standard InChI is InChI=1S/C27H31NO3/c1-28(2)16-7-17-30-22-12-10-21(11-13-22)27-24-18-23(29-3)14-15-26(24)31-19-25(27)20-8-5-4-6-9-20/h4-6,8-15,18,25,27H,7,16-17,19H2,1-3H3. The Morgan fingerprint density at radius 1 is 0.903 bits per heavy atom. The first-order valence-corrected chi connectivity index (χ1v) is 10.9. The van der Waals surface area contributed by atoms with E-state index in [2.05, 4.69) is 79.7 Å². The summed E-state index contributed by atoms with van der Waals surface area (Å²) in [5.74, 6) is 3.11. The summed E-state index contributed by atoms with van der Waals surface area (Å²) in [6, 6.07) is 25.3. The first kappa shape index (κ1) is 21.3. The second-order valence-corrected chi connectivity index (χ2v) is 8.28. The SMILES string of the molecule is COc1ccc2c(c1)C(c1ccc(OCCCN(C)C)cc1)C(c1ccccc1)CO2. The Bertz CT molecular complexity index is 970. The molecule has 0 fully saturated rings. The van der Waals surface area contributed by atoms with Gasteiger partial charge in [0.15, 0.2) is 0 Å². The maximum Gasteiger partial charge on any atom is 0.123 e. The molecular weight excluding hydrogens is 386 g/mol. The molecule has 2 unspecified atom stereocenters. The minimum Gasteiger partial charge on any atom is -0.497 e. The molecule has 0 spiro atoms. The van der Waals surface area contributed by atoms with E-state index >= 15 is 0 Å². The maximum atomic E-state index is 6.17. The zero-order valence-electron chi connectivity index (χ0n) is 18.6. The number of hydrogen-bond acceptors (Lipinski definition) is 4.